The summed E-state index contributed by atoms with van der Waals surface area (Å²) in [7, 11) is -3.67. The number of amides is 2. The highest BCUT2D eigenvalue weighted by atomic mass is 32.2. The Labute approximate surface area is 175 Å². The van der Waals surface area contributed by atoms with Gasteiger partial charge in [-0.3, -0.25) is 9.59 Å². The van der Waals surface area contributed by atoms with Crippen LogP contribution in [0.2, 0.25) is 0 Å². The third-order valence-corrected chi connectivity index (χ3v) is 7.93. The normalized spacial score (nSPS) is 17.2. The number of rotatable bonds is 6. The number of hydrogen-bond donors (Lipinski definition) is 2. The maximum absolute atomic E-state index is 13.2. The molecule has 1 aromatic carbocycles. The van der Waals surface area contributed by atoms with Crippen molar-refractivity contribution < 1.29 is 18.0 Å². The van der Waals surface area contributed by atoms with E-state index in [0.717, 1.165) is 16.9 Å². The second-order valence-corrected chi connectivity index (χ2v) is 10.0. The van der Waals surface area contributed by atoms with Gasteiger partial charge in [-0.2, -0.15) is 4.31 Å². The molecule has 0 aliphatic carbocycles. The number of benzene rings is 1. The van der Waals surface area contributed by atoms with Gasteiger partial charge in [0.1, 0.15) is 0 Å². The van der Waals surface area contributed by atoms with Gasteiger partial charge in [-0.15, -0.1) is 11.3 Å². The zero-order valence-corrected chi connectivity index (χ0v) is 18.1. The number of carbonyl (C=O) groups is 2. The van der Waals surface area contributed by atoms with E-state index < -0.39 is 21.8 Å². The van der Waals surface area contributed by atoms with Crippen LogP contribution in [0.3, 0.4) is 0 Å². The maximum atomic E-state index is 13.2. The van der Waals surface area contributed by atoms with E-state index in [4.69, 9.17) is 0 Å². The van der Waals surface area contributed by atoms with Gasteiger partial charge in [-0.05, 0) is 55.3 Å². The minimum atomic E-state index is -3.67. The van der Waals surface area contributed by atoms with Crippen LogP contribution < -0.4 is 10.6 Å². The van der Waals surface area contributed by atoms with Gasteiger partial charge in [0.15, 0.2) is 0 Å². The Bertz CT molecular complexity index is 987. The Kier molecular flexibility index (Phi) is 6.71. The molecule has 1 aliphatic heterocycles. The summed E-state index contributed by atoms with van der Waals surface area (Å²) in [5, 5.41) is 7.04. The number of hydrogen-bond acceptors (Lipinski definition) is 5. The van der Waals surface area contributed by atoms with Gasteiger partial charge in [0.2, 0.25) is 10.0 Å². The highest BCUT2D eigenvalue weighted by molar-refractivity contribution is 7.89. The minimum Gasteiger partial charge on any atom is -0.346 e. The minimum absolute atomic E-state index is 0.106. The lowest BCUT2D eigenvalue weighted by Gasteiger charge is -2.25. The molecule has 1 fully saturated rings. The van der Waals surface area contributed by atoms with Crippen LogP contribution in [0.25, 0.3) is 0 Å². The van der Waals surface area contributed by atoms with E-state index in [1.807, 2.05) is 30.5 Å². The van der Waals surface area contributed by atoms with Crippen LogP contribution >= 0.6 is 11.3 Å². The zero-order valence-electron chi connectivity index (χ0n) is 16.5. The molecule has 29 heavy (non-hydrogen) atoms. The number of nitrogens with zero attached hydrogens (tertiary/aromatic N) is 1. The van der Waals surface area contributed by atoms with Crippen molar-refractivity contribution >= 4 is 33.2 Å². The fourth-order valence-corrected chi connectivity index (χ4v) is 6.04. The van der Waals surface area contributed by atoms with Crippen LogP contribution in [0.1, 0.15) is 28.8 Å². The van der Waals surface area contributed by atoms with Gasteiger partial charge < -0.3 is 10.6 Å². The molecule has 0 radical (unpaired) electrons. The van der Waals surface area contributed by atoms with E-state index in [1.165, 1.54) is 15.6 Å². The summed E-state index contributed by atoms with van der Waals surface area (Å²) in [6.45, 7) is 4.43. The second-order valence-electron chi connectivity index (χ2n) is 7.15. The average molecular weight is 436 g/mol. The summed E-state index contributed by atoms with van der Waals surface area (Å²) in [6, 6.07) is 8.73. The molecule has 2 amide bonds. The summed E-state index contributed by atoms with van der Waals surface area (Å²) in [6.07, 6.45) is 1.36. The van der Waals surface area contributed by atoms with Gasteiger partial charge in [0, 0.05) is 24.0 Å². The molecule has 0 saturated carbocycles. The summed E-state index contributed by atoms with van der Waals surface area (Å²) < 4.78 is 27.8. The predicted octanol–water partition coefficient (Wildman–Crippen LogP) is 1.95. The molecule has 1 atom stereocenters. The SMILES string of the molecule is Cc1ccc(C)c(S(=O)(=O)N2CCC[C@H]2CNC(=O)C(=O)NCc2cccs2)c1. The van der Waals surface area contributed by atoms with Gasteiger partial charge in [-0.25, -0.2) is 8.42 Å². The van der Waals surface area contributed by atoms with E-state index in [0.29, 0.717) is 30.0 Å². The molecular formula is C20H25N3O4S2. The molecule has 2 heterocycles. The molecule has 1 saturated heterocycles. The Morgan fingerprint density at radius 3 is 2.66 bits per heavy atom. The van der Waals surface area contributed by atoms with Gasteiger partial charge in [0.05, 0.1) is 11.4 Å². The monoisotopic (exact) mass is 435 g/mol. The third-order valence-electron chi connectivity index (χ3n) is 4.96. The molecule has 9 heteroatoms. The van der Waals surface area contributed by atoms with Crippen molar-refractivity contribution in [1.82, 2.24) is 14.9 Å². The molecule has 0 unspecified atom stereocenters. The number of nitrogens with one attached hydrogen (secondary N) is 2. The molecular weight excluding hydrogens is 410 g/mol. The smallest absolute Gasteiger partial charge is 0.309 e. The molecule has 7 nitrogen and oxygen atoms in total. The molecule has 1 aliphatic rings. The Balaban J connectivity index is 1.61. The highest BCUT2D eigenvalue weighted by Crippen LogP contribution is 2.28. The zero-order chi connectivity index (χ0) is 21.0. The third kappa shape index (κ3) is 5.04. The summed E-state index contributed by atoms with van der Waals surface area (Å²) in [4.78, 5) is 25.3. The van der Waals surface area contributed by atoms with Crippen molar-refractivity contribution in [3.05, 3.63) is 51.7 Å². The molecule has 0 spiro atoms. The van der Waals surface area contributed by atoms with E-state index in [9.17, 15) is 18.0 Å². The van der Waals surface area contributed by atoms with Gasteiger partial charge in [0.25, 0.3) is 0 Å². The fourth-order valence-electron chi connectivity index (χ4n) is 3.39. The van der Waals surface area contributed by atoms with Crippen LogP contribution in [0.5, 0.6) is 0 Å². The van der Waals surface area contributed by atoms with E-state index in [-0.39, 0.29) is 12.6 Å². The summed E-state index contributed by atoms with van der Waals surface area (Å²) in [5.74, 6) is -1.47. The first-order valence-corrected chi connectivity index (χ1v) is 11.8. The summed E-state index contributed by atoms with van der Waals surface area (Å²) >= 11 is 1.49. The topological polar surface area (TPSA) is 95.6 Å². The summed E-state index contributed by atoms with van der Waals surface area (Å²) in [5.41, 5.74) is 1.57. The number of aryl methyl sites for hydroxylation is 2. The van der Waals surface area contributed by atoms with E-state index >= 15 is 0 Å². The first kappa shape index (κ1) is 21.5. The van der Waals surface area contributed by atoms with Crippen molar-refractivity contribution in [3.63, 3.8) is 0 Å². The number of carbonyl (C=O) groups excluding carboxylic acids is 2. The van der Waals surface area contributed by atoms with Crippen molar-refractivity contribution in [2.75, 3.05) is 13.1 Å². The number of sulfonamides is 1. The molecule has 1 aromatic heterocycles. The van der Waals surface area contributed by atoms with Crippen molar-refractivity contribution in [2.45, 2.75) is 44.2 Å². The van der Waals surface area contributed by atoms with Crippen LogP contribution in [0.15, 0.2) is 40.6 Å². The Hall–Kier alpha value is -2.23. The van der Waals surface area contributed by atoms with Crippen LogP contribution in [-0.2, 0) is 26.2 Å². The van der Waals surface area contributed by atoms with Crippen molar-refractivity contribution in [3.8, 4) is 0 Å². The lowest BCUT2D eigenvalue weighted by Crippen LogP contribution is -2.46. The maximum Gasteiger partial charge on any atom is 0.309 e. The first-order chi connectivity index (χ1) is 13.8. The average Bonchev–Trinajstić information content (AvgIpc) is 3.37. The molecule has 0 bridgehead atoms. The highest BCUT2D eigenvalue weighted by Gasteiger charge is 2.36. The Morgan fingerprint density at radius 1 is 1.17 bits per heavy atom. The first-order valence-electron chi connectivity index (χ1n) is 9.46. The van der Waals surface area contributed by atoms with Crippen LogP contribution in [-0.4, -0.2) is 43.7 Å². The molecule has 2 N–H and O–H groups in total. The Morgan fingerprint density at radius 2 is 1.93 bits per heavy atom. The lowest BCUT2D eigenvalue weighted by molar-refractivity contribution is -0.139. The largest absolute Gasteiger partial charge is 0.346 e. The standard InChI is InChI=1S/C20H25N3O4S2/c1-14-7-8-15(2)18(11-14)29(26,27)23-9-3-5-16(23)12-21-19(24)20(25)22-13-17-6-4-10-28-17/h4,6-8,10-11,16H,3,5,9,12-13H2,1-2H3,(H,21,24)(H,22,25)/t16-/m0/s1. The van der Waals surface area contributed by atoms with Crippen molar-refractivity contribution in [1.29, 1.82) is 0 Å². The van der Waals surface area contributed by atoms with Crippen LogP contribution in [0, 0.1) is 13.8 Å². The van der Waals surface area contributed by atoms with Gasteiger partial charge >= 0.3 is 11.8 Å². The second kappa shape index (κ2) is 9.06. The molecule has 3 rings (SSSR count). The van der Waals surface area contributed by atoms with Crippen LogP contribution in [0.4, 0.5) is 0 Å². The van der Waals surface area contributed by atoms with E-state index in [1.54, 1.807) is 19.1 Å². The predicted molar refractivity (Wildman–Crippen MR) is 112 cm³/mol. The van der Waals surface area contributed by atoms with Gasteiger partial charge in [-0.1, -0.05) is 18.2 Å². The molecule has 156 valence electrons. The quantitative estimate of drug-likeness (QED) is 0.678. The lowest BCUT2D eigenvalue weighted by atomic mass is 10.2. The van der Waals surface area contributed by atoms with E-state index in [2.05, 4.69) is 10.6 Å². The number of thiophene rings is 1. The van der Waals surface area contributed by atoms with Crippen molar-refractivity contribution in [2.24, 2.45) is 0 Å². The molecule has 2 aromatic rings. The fraction of sp³-hybridized carbons (Fsp3) is 0.400.